The Morgan fingerprint density at radius 2 is 2.10 bits per heavy atom. The number of hydrogen-bond acceptors (Lipinski definition) is 3. The first-order valence-electron chi connectivity index (χ1n) is 7.54. The van der Waals surface area contributed by atoms with Gasteiger partial charge in [0.05, 0.1) is 16.7 Å². The van der Waals surface area contributed by atoms with E-state index in [-0.39, 0.29) is 11.6 Å². The quantitative estimate of drug-likeness (QED) is 0.895. The number of benzene rings is 1. The van der Waals surface area contributed by atoms with Gasteiger partial charge in [-0.3, -0.25) is 0 Å². The van der Waals surface area contributed by atoms with Gasteiger partial charge in [0.25, 0.3) is 0 Å². The van der Waals surface area contributed by atoms with Crippen LogP contribution in [0.5, 0.6) is 0 Å². The number of fused-ring (bicyclic) bond motifs is 1. The summed E-state index contributed by atoms with van der Waals surface area (Å²) >= 11 is 6.18. The molecule has 0 saturated heterocycles. The van der Waals surface area contributed by atoms with Gasteiger partial charge in [0.2, 0.25) is 0 Å². The minimum atomic E-state index is -0.327. The van der Waals surface area contributed by atoms with Gasteiger partial charge in [-0.25, -0.2) is 0 Å². The number of rotatable bonds is 3. The summed E-state index contributed by atoms with van der Waals surface area (Å²) in [5.74, 6) is 1.50. The standard InChI is InChI=1S/C17H22ClNO2/c1-11-6-8-17(20-2,9-7-11)16(19)14-10-12-4-3-5-13(18)15(12)21-14/h3-5,10-11,16H,6-9,19H2,1-2H3. The van der Waals surface area contributed by atoms with Crippen molar-refractivity contribution in [2.24, 2.45) is 11.7 Å². The van der Waals surface area contributed by atoms with Crippen LogP contribution in [-0.2, 0) is 4.74 Å². The van der Waals surface area contributed by atoms with Crippen LogP contribution in [0.15, 0.2) is 28.7 Å². The third kappa shape index (κ3) is 2.59. The van der Waals surface area contributed by atoms with Gasteiger partial charge < -0.3 is 14.9 Å². The van der Waals surface area contributed by atoms with Crippen LogP contribution in [0.4, 0.5) is 0 Å². The first-order chi connectivity index (χ1) is 10.1. The molecule has 3 nitrogen and oxygen atoms in total. The highest BCUT2D eigenvalue weighted by Crippen LogP contribution is 2.43. The van der Waals surface area contributed by atoms with E-state index in [1.807, 2.05) is 24.3 Å². The van der Waals surface area contributed by atoms with Crippen molar-refractivity contribution in [2.75, 3.05) is 7.11 Å². The van der Waals surface area contributed by atoms with E-state index in [0.717, 1.165) is 42.7 Å². The molecule has 114 valence electrons. The summed E-state index contributed by atoms with van der Waals surface area (Å²) in [4.78, 5) is 0. The average molecular weight is 308 g/mol. The fraction of sp³-hybridized carbons (Fsp3) is 0.529. The molecule has 3 rings (SSSR count). The van der Waals surface area contributed by atoms with Crippen LogP contribution in [0.3, 0.4) is 0 Å². The van der Waals surface area contributed by atoms with Crippen molar-refractivity contribution >= 4 is 22.6 Å². The Bertz CT molecular complexity index is 629. The first kappa shape index (κ1) is 14.9. The molecule has 0 radical (unpaired) electrons. The van der Waals surface area contributed by atoms with E-state index >= 15 is 0 Å². The van der Waals surface area contributed by atoms with Crippen molar-refractivity contribution in [2.45, 2.75) is 44.2 Å². The zero-order chi connectivity index (χ0) is 15.0. The molecule has 0 spiro atoms. The number of para-hydroxylation sites is 1. The van der Waals surface area contributed by atoms with E-state index in [2.05, 4.69) is 6.92 Å². The van der Waals surface area contributed by atoms with Crippen LogP contribution in [0, 0.1) is 5.92 Å². The number of halogens is 1. The molecule has 0 bridgehead atoms. The summed E-state index contributed by atoms with van der Waals surface area (Å²) in [6.07, 6.45) is 4.22. The number of furan rings is 1. The summed E-state index contributed by atoms with van der Waals surface area (Å²) in [7, 11) is 1.76. The smallest absolute Gasteiger partial charge is 0.152 e. The Hall–Kier alpha value is -1.03. The second-order valence-corrected chi connectivity index (χ2v) is 6.64. The predicted molar refractivity (Wildman–Crippen MR) is 85.5 cm³/mol. The molecule has 1 saturated carbocycles. The number of hydrogen-bond donors (Lipinski definition) is 1. The maximum absolute atomic E-state index is 6.51. The number of nitrogens with two attached hydrogens (primary N) is 1. The van der Waals surface area contributed by atoms with Crippen LogP contribution in [0.25, 0.3) is 11.0 Å². The topological polar surface area (TPSA) is 48.4 Å². The molecule has 21 heavy (non-hydrogen) atoms. The molecule has 1 unspecified atom stereocenters. The zero-order valence-corrected chi connectivity index (χ0v) is 13.3. The van der Waals surface area contributed by atoms with Gasteiger partial charge in [-0.15, -0.1) is 0 Å². The minimum absolute atomic E-state index is 0.265. The highest BCUT2D eigenvalue weighted by Gasteiger charge is 2.42. The molecular weight excluding hydrogens is 286 g/mol. The second kappa shape index (κ2) is 5.64. The van der Waals surface area contributed by atoms with Crippen LogP contribution in [0.1, 0.15) is 44.4 Å². The molecule has 2 aromatic rings. The van der Waals surface area contributed by atoms with E-state index < -0.39 is 0 Å². The van der Waals surface area contributed by atoms with E-state index in [1.54, 1.807) is 7.11 Å². The van der Waals surface area contributed by atoms with Gasteiger partial charge in [0, 0.05) is 12.5 Å². The fourth-order valence-electron chi connectivity index (χ4n) is 3.35. The highest BCUT2D eigenvalue weighted by molar-refractivity contribution is 6.34. The van der Waals surface area contributed by atoms with E-state index in [0.29, 0.717) is 10.6 Å². The highest BCUT2D eigenvalue weighted by atomic mass is 35.5. The minimum Gasteiger partial charge on any atom is -0.458 e. The predicted octanol–water partition coefficient (Wildman–Crippen LogP) is 4.68. The average Bonchev–Trinajstić information content (AvgIpc) is 2.93. The van der Waals surface area contributed by atoms with E-state index in [9.17, 15) is 0 Å². The zero-order valence-electron chi connectivity index (χ0n) is 12.6. The summed E-state index contributed by atoms with van der Waals surface area (Å²) in [5.41, 5.74) is 6.89. The van der Waals surface area contributed by atoms with Gasteiger partial charge in [-0.05, 0) is 43.7 Å². The third-order valence-corrected chi connectivity index (χ3v) is 5.21. The lowest BCUT2D eigenvalue weighted by molar-refractivity contribution is -0.0709. The lowest BCUT2D eigenvalue weighted by Gasteiger charge is -2.41. The Balaban J connectivity index is 1.95. The summed E-state index contributed by atoms with van der Waals surface area (Å²) in [5, 5.41) is 1.61. The molecular formula is C17H22ClNO2. The monoisotopic (exact) mass is 307 g/mol. The van der Waals surface area contributed by atoms with Crippen LogP contribution >= 0.6 is 11.6 Å². The van der Waals surface area contributed by atoms with Crippen molar-refractivity contribution in [3.8, 4) is 0 Å². The number of ether oxygens (including phenoxy) is 1. The van der Waals surface area contributed by atoms with Gasteiger partial charge >= 0.3 is 0 Å². The van der Waals surface area contributed by atoms with Gasteiger partial charge in [0.1, 0.15) is 5.76 Å². The van der Waals surface area contributed by atoms with Crippen molar-refractivity contribution < 1.29 is 9.15 Å². The second-order valence-electron chi connectivity index (χ2n) is 6.24. The molecule has 1 aliphatic rings. The maximum atomic E-state index is 6.51. The maximum Gasteiger partial charge on any atom is 0.152 e. The molecule has 1 fully saturated rings. The Labute approximate surface area is 130 Å². The molecule has 4 heteroatoms. The lowest BCUT2D eigenvalue weighted by atomic mass is 9.75. The molecule has 0 aliphatic heterocycles. The van der Waals surface area contributed by atoms with E-state index in [1.165, 1.54) is 0 Å². The Morgan fingerprint density at radius 1 is 1.38 bits per heavy atom. The van der Waals surface area contributed by atoms with Crippen LogP contribution in [0.2, 0.25) is 5.02 Å². The number of methoxy groups -OCH3 is 1. The van der Waals surface area contributed by atoms with Crippen molar-refractivity contribution in [1.29, 1.82) is 0 Å². The molecule has 1 heterocycles. The SMILES string of the molecule is COC1(C(N)c2cc3cccc(Cl)c3o2)CCC(C)CC1. The Kier molecular flexibility index (Phi) is 4.00. The molecule has 1 aliphatic carbocycles. The largest absolute Gasteiger partial charge is 0.458 e. The molecule has 1 atom stereocenters. The van der Waals surface area contributed by atoms with Gasteiger partial charge in [0.15, 0.2) is 5.58 Å². The third-order valence-electron chi connectivity index (χ3n) is 4.92. The summed E-state index contributed by atoms with van der Waals surface area (Å²) < 4.78 is 11.8. The van der Waals surface area contributed by atoms with Crippen molar-refractivity contribution in [3.05, 3.63) is 35.0 Å². The molecule has 1 aromatic heterocycles. The van der Waals surface area contributed by atoms with Crippen LogP contribution < -0.4 is 5.73 Å². The molecule has 2 N–H and O–H groups in total. The first-order valence-corrected chi connectivity index (χ1v) is 7.92. The summed E-state index contributed by atoms with van der Waals surface area (Å²) in [6, 6.07) is 7.47. The molecule has 0 amide bonds. The Morgan fingerprint density at radius 3 is 2.71 bits per heavy atom. The van der Waals surface area contributed by atoms with Gasteiger partial charge in [-0.1, -0.05) is 30.7 Å². The van der Waals surface area contributed by atoms with Crippen molar-refractivity contribution in [1.82, 2.24) is 0 Å². The normalized spacial score (nSPS) is 27.9. The fourth-order valence-corrected chi connectivity index (χ4v) is 3.57. The molecule has 1 aromatic carbocycles. The van der Waals surface area contributed by atoms with E-state index in [4.69, 9.17) is 26.5 Å². The summed E-state index contributed by atoms with van der Waals surface area (Å²) in [6.45, 7) is 2.28. The van der Waals surface area contributed by atoms with Crippen LogP contribution in [-0.4, -0.2) is 12.7 Å². The van der Waals surface area contributed by atoms with Crippen molar-refractivity contribution in [3.63, 3.8) is 0 Å². The van der Waals surface area contributed by atoms with Gasteiger partial charge in [-0.2, -0.15) is 0 Å². The lowest BCUT2D eigenvalue weighted by Crippen LogP contribution is -2.45.